The molecule has 0 heterocycles. The quantitative estimate of drug-likeness (QED) is 0.596. The molecule has 0 rings (SSSR count). The van der Waals surface area contributed by atoms with Crippen LogP contribution in [0.5, 0.6) is 0 Å². The van der Waals surface area contributed by atoms with E-state index in [1.54, 1.807) is 0 Å². The van der Waals surface area contributed by atoms with Crippen LogP contribution in [0.3, 0.4) is 0 Å². The molecule has 0 saturated carbocycles. The van der Waals surface area contributed by atoms with Gasteiger partial charge in [0.05, 0.1) is 0 Å². The van der Waals surface area contributed by atoms with Gasteiger partial charge in [0.15, 0.2) is 0 Å². The van der Waals surface area contributed by atoms with Gasteiger partial charge in [-0.1, -0.05) is 41.0 Å². The summed E-state index contributed by atoms with van der Waals surface area (Å²) in [4.78, 5) is 2.63. The first-order valence-corrected chi connectivity index (χ1v) is 7.85. The largest absolute Gasteiger partial charge is 0.315 e. The van der Waals surface area contributed by atoms with E-state index in [1.807, 2.05) is 0 Å². The summed E-state index contributed by atoms with van der Waals surface area (Å²) in [7, 11) is 0. The van der Waals surface area contributed by atoms with Crippen LogP contribution in [0.1, 0.15) is 67.2 Å². The third-order valence-corrected chi connectivity index (χ3v) is 3.64. The third-order valence-electron chi connectivity index (χ3n) is 3.64. The van der Waals surface area contributed by atoms with E-state index in [4.69, 9.17) is 0 Å². The Labute approximate surface area is 116 Å². The van der Waals surface area contributed by atoms with E-state index in [-0.39, 0.29) is 0 Å². The van der Waals surface area contributed by atoms with Gasteiger partial charge in [-0.2, -0.15) is 0 Å². The number of hydrogen-bond acceptors (Lipinski definition) is 2. The highest BCUT2D eigenvalue weighted by atomic mass is 15.2. The number of hydrogen-bond donors (Lipinski definition) is 1. The zero-order chi connectivity index (χ0) is 14.0. The molecule has 1 atom stereocenters. The third kappa shape index (κ3) is 9.90. The highest BCUT2D eigenvalue weighted by molar-refractivity contribution is 4.68. The maximum Gasteiger partial charge on any atom is 0.0110 e. The molecule has 0 aromatic rings. The minimum absolute atomic E-state index is 0.450. The highest BCUT2D eigenvalue weighted by Gasteiger charge is 2.11. The molecule has 0 aromatic heterocycles. The monoisotopic (exact) mass is 256 g/mol. The first-order chi connectivity index (χ1) is 8.40. The smallest absolute Gasteiger partial charge is 0.0110 e. The number of rotatable bonds is 10. The van der Waals surface area contributed by atoms with Crippen LogP contribution in [0, 0.1) is 5.41 Å². The predicted octanol–water partition coefficient (Wildman–Crippen LogP) is 3.91. The maximum absolute atomic E-state index is 3.59. The molecule has 0 aliphatic carbocycles. The molecule has 0 aromatic carbocycles. The van der Waals surface area contributed by atoms with E-state index in [0.717, 1.165) is 19.1 Å². The Morgan fingerprint density at radius 3 is 2.22 bits per heavy atom. The van der Waals surface area contributed by atoms with Crippen molar-refractivity contribution < 1.29 is 0 Å². The van der Waals surface area contributed by atoms with Gasteiger partial charge >= 0.3 is 0 Å². The van der Waals surface area contributed by atoms with E-state index in [2.05, 4.69) is 51.8 Å². The van der Waals surface area contributed by atoms with E-state index in [0.29, 0.717) is 5.41 Å². The highest BCUT2D eigenvalue weighted by Crippen LogP contribution is 2.16. The van der Waals surface area contributed by atoms with Crippen LogP contribution >= 0.6 is 0 Å². The van der Waals surface area contributed by atoms with Crippen molar-refractivity contribution in [3.63, 3.8) is 0 Å². The van der Waals surface area contributed by atoms with Crippen LogP contribution in [-0.4, -0.2) is 37.1 Å². The summed E-state index contributed by atoms with van der Waals surface area (Å²) in [6, 6.07) is 0.723. The summed E-state index contributed by atoms with van der Waals surface area (Å²) in [5.41, 5.74) is 0.450. The van der Waals surface area contributed by atoms with Gasteiger partial charge in [0, 0.05) is 19.1 Å². The van der Waals surface area contributed by atoms with Gasteiger partial charge in [-0.3, -0.25) is 4.90 Å². The molecular formula is C16H36N2. The molecule has 0 saturated heterocycles. The van der Waals surface area contributed by atoms with Crippen LogP contribution < -0.4 is 5.32 Å². The van der Waals surface area contributed by atoms with Crippen molar-refractivity contribution in [2.45, 2.75) is 73.3 Å². The summed E-state index contributed by atoms with van der Waals surface area (Å²) < 4.78 is 0. The van der Waals surface area contributed by atoms with E-state index in [9.17, 15) is 0 Å². The summed E-state index contributed by atoms with van der Waals surface area (Å²) in [6.45, 7) is 18.6. The van der Waals surface area contributed by atoms with Crippen molar-refractivity contribution in [1.82, 2.24) is 10.2 Å². The van der Waals surface area contributed by atoms with Crippen molar-refractivity contribution in [2.75, 3.05) is 26.2 Å². The summed E-state index contributed by atoms with van der Waals surface area (Å²) in [5.74, 6) is 0. The van der Waals surface area contributed by atoms with Crippen molar-refractivity contribution in [3.8, 4) is 0 Å². The second-order valence-corrected chi connectivity index (χ2v) is 6.71. The predicted molar refractivity (Wildman–Crippen MR) is 83.2 cm³/mol. The SMILES string of the molecule is CCCCN(CCNCCC(C)(C)C)C(C)CC. The molecule has 0 amide bonds. The minimum atomic E-state index is 0.450. The second-order valence-electron chi connectivity index (χ2n) is 6.71. The molecular weight excluding hydrogens is 220 g/mol. The molecule has 0 fully saturated rings. The maximum atomic E-state index is 3.59. The topological polar surface area (TPSA) is 15.3 Å². The molecule has 2 nitrogen and oxygen atoms in total. The Hall–Kier alpha value is -0.0800. The lowest BCUT2D eigenvalue weighted by Crippen LogP contribution is -2.39. The standard InChI is InChI=1S/C16H36N2/c1-7-9-13-18(15(3)8-2)14-12-17-11-10-16(4,5)6/h15,17H,7-14H2,1-6H3. The molecule has 1 N–H and O–H groups in total. The van der Waals surface area contributed by atoms with E-state index >= 15 is 0 Å². The van der Waals surface area contributed by atoms with E-state index in [1.165, 1.54) is 38.8 Å². The van der Waals surface area contributed by atoms with Gasteiger partial charge < -0.3 is 5.32 Å². The van der Waals surface area contributed by atoms with Crippen LogP contribution in [-0.2, 0) is 0 Å². The van der Waals surface area contributed by atoms with Gasteiger partial charge in [-0.25, -0.2) is 0 Å². The lowest BCUT2D eigenvalue weighted by molar-refractivity contribution is 0.200. The average Bonchev–Trinajstić information content (AvgIpc) is 2.30. The number of unbranched alkanes of at least 4 members (excludes halogenated alkanes) is 1. The molecule has 0 radical (unpaired) electrons. The Balaban J connectivity index is 3.75. The number of nitrogens with one attached hydrogen (secondary N) is 1. The normalized spacial score (nSPS) is 14.2. The van der Waals surface area contributed by atoms with Gasteiger partial charge in [0.25, 0.3) is 0 Å². The molecule has 110 valence electrons. The Morgan fingerprint density at radius 2 is 1.72 bits per heavy atom. The van der Waals surface area contributed by atoms with Crippen LogP contribution in [0.2, 0.25) is 0 Å². The summed E-state index contributed by atoms with van der Waals surface area (Å²) >= 11 is 0. The van der Waals surface area contributed by atoms with Crippen LogP contribution in [0.15, 0.2) is 0 Å². The van der Waals surface area contributed by atoms with E-state index < -0.39 is 0 Å². The molecule has 0 spiro atoms. The van der Waals surface area contributed by atoms with Crippen molar-refractivity contribution in [3.05, 3.63) is 0 Å². The van der Waals surface area contributed by atoms with Crippen LogP contribution in [0.4, 0.5) is 0 Å². The summed E-state index contributed by atoms with van der Waals surface area (Å²) in [6.07, 6.45) is 5.13. The van der Waals surface area contributed by atoms with Gasteiger partial charge in [-0.05, 0) is 44.7 Å². The van der Waals surface area contributed by atoms with Gasteiger partial charge in [0.1, 0.15) is 0 Å². The van der Waals surface area contributed by atoms with Gasteiger partial charge in [-0.15, -0.1) is 0 Å². The zero-order valence-corrected chi connectivity index (χ0v) is 13.7. The second kappa shape index (κ2) is 9.80. The fourth-order valence-electron chi connectivity index (χ4n) is 1.98. The fourth-order valence-corrected chi connectivity index (χ4v) is 1.98. The average molecular weight is 256 g/mol. The lowest BCUT2D eigenvalue weighted by Gasteiger charge is -2.28. The fraction of sp³-hybridized carbons (Fsp3) is 1.00. The molecule has 1 unspecified atom stereocenters. The van der Waals surface area contributed by atoms with Gasteiger partial charge in [0.2, 0.25) is 0 Å². The number of nitrogens with zero attached hydrogens (tertiary/aromatic N) is 1. The Bertz CT molecular complexity index is 184. The first-order valence-electron chi connectivity index (χ1n) is 7.85. The first kappa shape index (κ1) is 17.9. The zero-order valence-electron chi connectivity index (χ0n) is 13.7. The molecule has 2 heteroatoms. The Kier molecular flexibility index (Phi) is 9.76. The lowest BCUT2D eigenvalue weighted by atomic mass is 9.92. The molecule has 0 bridgehead atoms. The Morgan fingerprint density at radius 1 is 1.06 bits per heavy atom. The van der Waals surface area contributed by atoms with Crippen LogP contribution in [0.25, 0.3) is 0 Å². The summed E-state index contributed by atoms with van der Waals surface area (Å²) in [5, 5.41) is 3.59. The van der Waals surface area contributed by atoms with Crippen molar-refractivity contribution in [1.29, 1.82) is 0 Å². The van der Waals surface area contributed by atoms with Crippen molar-refractivity contribution >= 4 is 0 Å². The minimum Gasteiger partial charge on any atom is -0.315 e. The molecule has 0 aliphatic heterocycles. The van der Waals surface area contributed by atoms with Crippen molar-refractivity contribution in [2.24, 2.45) is 5.41 Å². The molecule has 0 aliphatic rings. The molecule has 18 heavy (non-hydrogen) atoms.